The van der Waals surface area contributed by atoms with Gasteiger partial charge in [0.15, 0.2) is 11.5 Å². The number of carbonyl (C=O) groups is 1. The van der Waals surface area contributed by atoms with Crippen LogP contribution in [0.3, 0.4) is 0 Å². The molecule has 3 rings (SSSR count). The Morgan fingerprint density at radius 1 is 1.22 bits per heavy atom. The number of nitrogens with one attached hydrogen (secondary N) is 2. The van der Waals surface area contributed by atoms with Crippen molar-refractivity contribution in [2.75, 3.05) is 5.32 Å². The Balaban J connectivity index is 1.68. The smallest absolute Gasteiger partial charge is 0.229 e. The molecule has 2 aromatic carbocycles. The van der Waals surface area contributed by atoms with Crippen LogP contribution in [0.25, 0.3) is 11.0 Å². The number of para-hydroxylation sites is 2. The number of hydrogen-bond donors (Lipinski definition) is 4. The Morgan fingerprint density at radius 2 is 2.00 bits per heavy atom. The third-order valence-electron chi connectivity index (χ3n) is 3.66. The molecule has 3 aromatic rings. The van der Waals surface area contributed by atoms with E-state index in [0.29, 0.717) is 12.4 Å². The number of hydrogen-bond acceptors (Lipinski definition) is 4. The number of nitrogens with zero attached hydrogens (tertiary/aromatic N) is 1. The van der Waals surface area contributed by atoms with Gasteiger partial charge in [0.1, 0.15) is 0 Å². The van der Waals surface area contributed by atoms with E-state index in [4.69, 9.17) is 0 Å². The van der Waals surface area contributed by atoms with Crippen molar-refractivity contribution < 1.29 is 15.0 Å². The summed E-state index contributed by atoms with van der Waals surface area (Å²) in [7, 11) is 0. The number of phenolic OH excluding ortho intramolecular Hbond substituents is 2. The lowest BCUT2D eigenvalue weighted by atomic mass is 10.00. The monoisotopic (exact) mass is 311 g/mol. The van der Waals surface area contributed by atoms with E-state index in [1.165, 1.54) is 12.1 Å². The first kappa shape index (κ1) is 14.9. The maximum Gasteiger partial charge on any atom is 0.229 e. The van der Waals surface area contributed by atoms with Gasteiger partial charge in [0.25, 0.3) is 0 Å². The molecule has 1 heterocycles. The fourth-order valence-corrected chi connectivity index (χ4v) is 2.39. The molecule has 0 saturated heterocycles. The summed E-state index contributed by atoms with van der Waals surface area (Å²) < 4.78 is 0. The Labute approximate surface area is 132 Å². The molecule has 23 heavy (non-hydrogen) atoms. The number of aromatic nitrogens is 2. The lowest BCUT2D eigenvalue weighted by Crippen LogP contribution is -2.22. The highest BCUT2D eigenvalue weighted by Gasteiger charge is 2.16. The van der Waals surface area contributed by atoms with Crippen molar-refractivity contribution >= 4 is 22.9 Å². The predicted molar refractivity (Wildman–Crippen MR) is 87.4 cm³/mol. The first-order valence-electron chi connectivity index (χ1n) is 7.29. The van der Waals surface area contributed by atoms with Gasteiger partial charge in [-0.15, -0.1) is 0 Å². The van der Waals surface area contributed by atoms with Gasteiger partial charge in [-0.1, -0.05) is 25.1 Å². The molecule has 4 N–H and O–H groups in total. The fraction of sp³-hybridized carbons (Fsp3) is 0.176. The van der Waals surface area contributed by atoms with E-state index in [1.54, 1.807) is 13.0 Å². The molecule has 6 nitrogen and oxygen atoms in total. The summed E-state index contributed by atoms with van der Waals surface area (Å²) >= 11 is 0. The van der Waals surface area contributed by atoms with Gasteiger partial charge in [0.05, 0.1) is 11.0 Å². The van der Waals surface area contributed by atoms with Crippen molar-refractivity contribution in [2.45, 2.75) is 13.3 Å². The molecule has 0 aliphatic heterocycles. The van der Waals surface area contributed by atoms with Gasteiger partial charge in [-0.3, -0.25) is 10.1 Å². The van der Waals surface area contributed by atoms with E-state index in [0.717, 1.165) is 16.6 Å². The summed E-state index contributed by atoms with van der Waals surface area (Å²) in [4.78, 5) is 19.6. The number of benzene rings is 2. The van der Waals surface area contributed by atoms with Crippen LogP contribution >= 0.6 is 0 Å². The fourth-order valence-electron chi connectivity index (χ4n) is 2.39. The zero-order chi connectivity index (χ0) is 16.4. The van der Waals surface area contributed by atoms with E-state index >= 15 is 0 Å². The summed E-state index contributed by atoms with van der Waals surface area (Å²) in [6.07, 6.45) is 0.444. The number of rotatable bonds is 4. The highest BCUT2D eigenvalue weighted by molar-refractivity contribution is 5.92. The first-order valence-corrected chi connectivity index (χ1v) is 7.29. The summed E-state index contributed by atoms with van der Waals surface area (Å²) in [6.45, 7) is 1.79. The van der Waals surface area contributed by atoms with Gasteiger partial charge in [0.2, 0.25) is 11.9 Å². The molecule has 0 fully saturated rings. The SMILES string of the molecule is CC(Cc1ccc(O)c(O)c1)C(=O)Nc1nc2ccccc2[nH]1. The van der Waals surface area contributed by atoms with Crippen LogP contribution in [-0.4, -0.2) is 26.1 Å². The molecule has 0 radical (unpaired) electrons. The number of aromatic amines is 1. The average Bonchev–Trinajstić information content (AvgIpc) is 2.93. The maximum atomic E-state index is 12.3. The minimum Gasteiger partial charge on any atom is -0.504 e. The van der Waals surface area contributed by atoms with E-state index in [2.05, 4.69) is 15.3 Å². The summed E-state index contributed by atoms with van der Waals surface area (Å²) in [5.41, 5.74) is 2.42. The largest absolute Gasteiger partial charge is 0.504 e. The van der Waals surface area contributed by atoms with Crippen molar-refractivity contribution in [2.24, 2.45) is 5.92 Å². The maximum absolute atomic E-state index is 12.3. The molecule has 1 amide bonds. The van der Waals surface area contributed by atoms with Crippen molar-refractivity contribution in [1.82, 2.24) is 9.97 Å². The zero-order valence-electron chi connectivity index (χ0n) is 12.6. The number of aromatic hydroxyl groups is 2. The second-order valence-corrected chi connectivity index (χ2v) is 5.52. The number of phenols is 2. The summed E-state index contributed by atoms with van der Waals surface area (Å²) in [5, 5.41) is 21.6. The molecule has 1 aromatic heterocycles. The zero-order valence-corrected chi connectivity index (χ0v) is 12.6. The third kappa shape index (κ3) is 3.26. The molecular weight excluding hydrogens is 294 g/mol. The van der Waals surface area contributed by atoms with Crippen LogP contribution in [0, 0.1) is 5.92 Å². The molecule has 0 saturated carbocycles. The van der Waals surface area contributed by atoms with Crippen LogP contribution in [0.2, 0.25) is 0 Å². The summed E-state index contributed by atoms with van der Waals surface area (Å²) in [5.74, 6) is -0.430. The minimum absolute atomic E-state index is 0.170. The minimum atomic E-state index is -0.313. The Morgan fingerprint density at radius 3 is 2.74 bits per heavy atom. The van der Waals surface area contributed by atoms with E-state index in [-0.39, 0.29) is 23.3 Å². The van der Waals surface area contributed by atoms with Gasteiger partial charge in [-0.05, 0) is 36.2 Å². The number of H-pyrrole nitrogens is 1. The van der Waals surface area contributed by atoms with Gasteiger partial charge in [0, 0.05) is 5.92 Å². The number of imidazole rings is 1. The lowest BCUT2D eigenvalue weighted by molar-refractivity contribution is -0.119. The first-order chi connectivity index (χ1) is 11.0. The van der Waals surface area contributed by atoms with Gasteiger partial charge >= 0.3 is 0 Å². The van der Waals surface area contributed by atoms with Crippen LogP contribution in [0.5, 0.6) is 11.5 Å². The number of amides is 1. The summed E-state index contributed by atoms with van der Waals surface area (Å²) in [6, 6.07) is 12.1. The van der Waals surface area contributed by atoms with Crippen LogP contribution in [0.15, 0.2) is 42.5 Å². The van der Waals surface area contributed by atoms with Gasteiger partial charge in [-0.2, -0.15) is 0 Å². The number of anilines is 1. The predicted octanol–water partition coefficient (Wildman–Crippen LogP) is 2.79. The van der Waals surface area contributed by atoms with E-state index < -0.39 is 0 Å². The van der Waals surface area contributed by atoms with Crippen molar-refractivity contribution in [1.29, 1.82) is 0 Å². The van der Waals surface area contributed by atoms with Crippen molar-refractivity contribution in [3.05, 3.63) is 48.0 Å². The van der Waals surface area contributed by atoms with E-state index in [9.17, 15) is 15.0 Å². The lowest BCUT2D eigenvalue weighted by Gasteiger charge is -2.11. The van der Waals surface area contributed by atoms with Crippen molar-refractivity contribution in [3.8, 4) is 11.5 Å². The molecule has 0 bridgehead atoms. The van der Waals surface area contributed by atoms with Gasteiger partial charge in [-0.25, -0.2) is 4.98 Å². The van der Waals surface area contributed by atoms with Gasteiger partial charge < -0.3 is 15.2 Å². The standard InChI is InChI=1S/C17H17N3O3/c1-10(8-11-6-7-14(21)15(22)9-11)16(23)20-17-18-12-4-2-3-5-13(12)19-17/h2-7,9-10,21-22H,8H2,1H3,(H2,18,19,20,23). The molecule has 1 atom stereocenters. The molecule has 6 heteroatoms. The molecule has 0 aliphatic rings. The number of carbonyl (C=O) groups excluding carboxylic acids is 1. The van der Waals surface area contributed by atoms with Crippen LogP contribution in [0.4, 0.5) is 5.95 Å². The molecule has 0 spiro atoms. The Hall–Kier alpha value is -3.02. The quantitative estimate of drug-likeness (QED) is 0.557. The third-order valence-corrected chi connectivity index (χ3v) is 3.66. The van der Waals surface area contributed by atoms with Crippen LogP contribution < -0.4 is 5.32 Å². The van der Waals surface area contributed by atoms with Crippen LogP contribution in [-0.2, 0) is 11.2 Å². The highest BCUT2D eigenvalue weighted by atomic mass is 16.3. The second kappa shape index (κ2) is 6.00. The Kier molecular flexibility index (Phi) is 3.89. The highest BCUT2D eigenvalue weighted by Crippen LogP contribution is 2.26. The van der Waals surface area contributed by atoms with Crippen LogP contribution in [0.1, 0.15) is 12.5 Å². The average molecular weight is 311 g/mol. The van der Waals surface area contributed by atoms with E-state index in [1.807, 2.05) is 24.3 Å². The number of fused-ring (bicyclic) bond motifs is 1. The molecular formula is C17H17N3O3. The molecule has 1 unspecified atom stereocenters. The normalized spacial score (nSPS) is 12.2. The molecule has 0 aliphatic carbocycles. The molecule has 118 valence electrons. The Bertz CT molecular complexity index is 824. The topological polar surface area (TPSA) is 98.2 Å². The van der Waals surface area contributed by atoms with Crippen molar-refractivity contribution in [3.63, 3.8) is 0 Å². The second-order valence-electron chi connectivity index (χ2n) is 5.52.